The minimum Gasteiger partial charge on any atom is -0.393 e. The number of rotatable bonds is 3. The molecule has 92 valence electrons. The van der Waals surface area contributed by atoms with Gasteiger partial charge in [0.25, 0.3) is 0 Å². The summed E-state index contributed by atoms with van der Waals surface area (Å²) in [6.07, 6.45) is 5.27. The Labute approximate surface area is 98.1 Å². The molecular weight excluding hydrogens is 203 g/mol. The molecule has 16 heavy (non-hydrogen) atoms. The predicted octanol–water partition coefficient (Wildman–Crippen LogP) is 3.50. The van der Waals surface area contributed by atoms with Gasteiger partial charge in [-0.3, -0.25) is 0 Å². The van der Waals surface area contributed by atoms with E-state index in [9.17, 15) is 9.50 Å². The van der Waals surface area contributed by atoms with Crippen LogP contribution >= 0.6 is 0 Å². The maximum absolute atomic E-state index is 14.8. The smallest absolute Gasteiger partial charge is 0.117 e. The molecule has 1 aliphatic carbocycles. The van der Waals surface area contributed by atoms with Crippen LogP contribution in [0.15, 0.2) is 23.8 Å². The van der Waals surface area contributed by atoms with Gasteiger partial charge in [-0.1, -0.05) is 37.6 Å². The zero-order valence-electron chi connectivity index (χ0n) is 10.9. The summed E-state index contributed by atoms with van der Waals surface area (Å²) in [7, 11) is 0. The lowest BCUT2D eigenvalue weighted by atomic mass is 9.68. The zero-order chi connectivity index (χ0) is 12.5. The van der Waals surface area contributed by atoms with Crippen LogP contribution in [0.25, 0.3) is 0 Å². The van der Waals surface area contributed by atoms with E-state index in [1.54, 1.807) is 13.8 Å². The number of halogens is 1. The molecule has 2 heteroatoms. The molecule has 0 amide bonds. The lowest BCUT2D eigenvalue weighted by molar-refractivity contribution is 0.00919. The Morgan fingerprint density at radius 2 is 1.94 bits per heavy atom. The first-order chi connectivity index (χ1) is 7.28. The highest BCUT2D eigenvalue weighted by Gasteiger charge is 2.44. The van der Waals surface area contributed by atoms with E-state index in [0.29, 0.717) is 0 Å². The maximum Gasteiger partial charge on any atom is 0.117 e. The molecule has 0 heterocycles. The summed E-state index contributed by atoms with van der Waals surface area (Å²) < 4.78 is 14.8. The van der Waals surface area contributed by atoms with Crippen LogP contribution in [0.4, 0.5) is 4.39 Å². The Hall–Kier alpha value is -0.630. The van der Waals surface area contributed by atoms with Crippen LogP contribution in [0.5, 0.6) is 0 Å². The maximum atomic E-state index is 14.8. The molecule has 1 nitrogen and oxygen atoms in total. The summed E-state index contributed by atoms with van der Waals surface area (Å²) in [5.41, 5.74) is -0.264. The van der Waals surface area contributed by atoms with Gasteiger partial charge in [0.05, 0.1) is 6.10 Å². The summed E-state index contributed by atoms with van der Waals surface area (Å²) in [6, 6.07) is 0. The first-order valence-corrected chi connectivity index (χ1v) is 6.00. The van der Waals surface area contributed by atoms with Crippen molar-refractivity contribution in [1.82, 2.24) is 0 Å². The van der Waals surface area contributed by atoms with Crippen molar-refractivity contribution in [2.75, 3.05) is 0 Å². The lowest BCUT2D eigenvalue weighted by Gasteiger charge is -2.41. The van der Waals surface area contributed by atoms with Crippen molar-refractivity contribution in [3.05, 3.63) is 23.8 Å². The molecule has 0 aromatic carbocycles. The third-order valence-electron chi connectivity index (χ3n) is 3.86. The number of hydrogen-bond acceptors (Lipinski definition) is 1. The van der Waals surface area contributed by atoms with Crippen molar-refractivity contribution in [2.24, 2.45) is 17.8 Å². The summed E-state index contributed by atoms with van der Waals surface area (Å²) in [4.78, 5) is 0. The van der Waals surface area contributed by atoms with Crippen molar-refractivity contribution in [3.8, 4) is 0 Å². The van der Waals surface area contributed by atoms with Crippen LogP contribution in [0.3, 0.4) is 0 Å². The molecule has 4 atom stereocenters. The van der Waals surface area contributed by atoms with Gasteiger partial charge in [0.1, 0.15) is 5.67 Å². The fourth-order valence-corrected chi connectivity index (χ4v) is 2.47. The zero-order valence-corrected chi connectivity index (χ0v) is 10.9. The van der Waals surface area contributed by atoms with Gasteiger partial charge in [0, 0.05) is 11.8 Å². The van der Waals surface area contributed by atoms with E-state index in [4.69, 9.17) is 0 Å². The lowest BCUT2D eigenvalue weighted by Crippen LogP contribution is -2.43. The fourth-order valence-electron chi connectivity index (χ4n) is 2.47. The van der Waals surface area contributed by atoms with E-state index in [0.717, 1.165) is 5.57 Å². The highest BCUT2D eigenvalue weighted by Crippen LogP contribution is 2.43. The van der Waals surface area contributed by atoms with E-state index in [-0.39, 0.29) is 17.8 Å². The molecule has 3 unspecified atom stereocenters. The second kappa shape index (κ2) is 4.70. The molecule has 0 aliphatic heterocycles. The van der Waals surface area contributed by atoms with Crippen LogP contribution in [0, 0.1) is 17.8 Å². The largest absolute Gasteiger partial charge is 0.393 e. The molecule has 0 radical (unpaired) electrons. The predicted molar refractivity (Wildman–Crippen MR) is 65.9 cm³/mol. The van der Waals surface area contributed by atoms with Crippen molar-refractivity contribution < 1.29 is 9.50 Å². The molecule has 1 N–H and O–H groups in total. The van der Waals surface area contributed by atoms with Gasteiger partial charge in [-0.25, -0.2) is 4.39 Å². The Kier molecular flexibility index (Phi) is 3.95. The van der Waals surface area contributed by atoms with Gasteiger partial charge in [-0.15, -0.1) is 0 Å². The first kappa shape index (κ1) is 13.4. The molecule has 0 fully saturated rings. The average Bonchev–Trinajstić information content (AvgIpc) is 2.16. The van der Waals surface area contributed by atoms with Gasteiger partial charge >= 0.3 is 0 Å². The highest BCUT2D eigenvalue weighted by atomic mass is 19.1. The fraction of sp³-hybridized carbons (Fsp3) is 0.714. The Morgan fingerprint density at radius 3 is 2.38 bits per heavy atom. The molecule has 1 rings (SSSR count). The van der Waals surface area contributed by atoms with Crippen LogP contribution in [-0.4, -0.2) is 16.9 Å². The van der Waals surface area contributed by atoms with Crippen LogP contribution < -0.4 is 0 Å². The third kappa shape index (κ3) is 2.37. The number of aliphatic hydroxyl groups is 1. The third-order valence-corrected chi connectivity index (χ3v) is 3.86. The summed E-state index contributed by atoms with van der Waals surface area (Å²) in [5, 5.41) is 9.77. The van der Waals surface area contributed by atoms with E-state index < -0.39 is 11.8 Å². The topological polar surface area (TPSA) is 20.2 Å². The average molecular weight is 226 g/mol. The monoisotopic (exact) mass is 226 g/mol. The van der Waals surface area contributed by atoms with E-state index >= 15 is 0 Å². The van der Waals surface area contributed by atoms with Crippen molar-refractivity contribution in [1.29, 1.82) is 0 Å². The molecule has 0 saturated heterocycles. The number of allylic oxidation sites excluding steroid dienone is 3. The van der Waals surface area contributed by atoms with Gasteiger partial charge < -0.3 is 5.11 Å². The highest BCUT2D eigenvalue weighted by molar-refractivity contribution is 5.25. The quantitative estimate of drug-likeness (QED) is 0.781. The number of hydrogen-bond donors (Lipinski definition) is 1. The van der Waals surface area contributed by atoms with E-state index in [1.165, 1.54) is 0 Å². The van der Waals surface area contributed by atoms with Crippen molar-refractivity contribution in [2.45, 2.75) is 46.4 Å². The molecule has 0 aromatic rings. The number of aliphatic hydroxyl groups excluding tert-OH is 1. The van der Waals surface area contributed by atoms with Gasteiger partial charge in [-0.2, -0.15) is 0 Å². The standard InChI is InChI=1S/C14H23FO/c1-9(2)14(5,15)13-10(3)7-6-8-12(13)11(4)16/h6-9,11-13,16H,1-5H3/t11?,12-,13?,14?/m0/s1. The summed E-state index contributed by atoms with van der Waals surface area (Å²) in [5.74, 6) is -0.409. The molecule has 0 spiro atoms. The molecule has 0 saturated carbocycles. The van der Waals surface area contributed by atoms with Gasteiger partial charge in [-0.05, 0) is 26.7 Å². The van der Waals surface area contributed by atoms with Crippen LogP contribution in [-0.2, 0) is 0 Å². The van der Waals surface area contributed by atoms with Crippen molar-refractivity contribution in [3.63, 3.8) is 0 Å². The van der Waals surface area contributed by atoms with Crippen LogP contribution in [0.2, 0.25) is 0 Å². The molecule has 0 bridgehead atoms. The minimum atomic E-state index is -1.28. The van der Waals surface area contributed by atoms with E-state index in [1.807, 2.05) is 39.0 Å². The Bertz CT molecular complexity index is 300. The van der Waals surface area contributed by atoms with Gasteiger partial charge in [0.15, 0.2) is 0 Å². The van der Waals surface area contributed by atoms with Crippen LogP contribution in [0.1, 0.15) is 34.6 Å². The second-order valence-corrected chi connectivity index (χ2v) is 5.40. The van der Waals surface area contributed by atoms with Gasteiger partial charge in [0.2, 0.25) is 0 Å². The Balaban J connectivity index is 3.07. The molecule has 0 aromatic heterocycles. The van der Waals surface area contributed by atoms with Crippen molar-refractivity contribution >= 4 is 0 Å². The Morgan fingerprint density at radius 1 is 1.38 bits per heavy atom. The molecular formula is C14H23FO. The number of alkyl halides is 1. The SMILES string of the molecule is CC1=CC=C[C@@H](C(C)O)C1C(C)(F)C(C)C. The summed E-state index contributed by atoms with van der Waals surface area (Å²) in [6.45, 7) is 9.12. The first-order valence-electron chi connectivity index (χ1n) is 6.00. The second-order valence-electron chi connectivity index (χ2n) is 5.40. The minimum absolute atomic E-state index is 0.0615. The normalized spacial score (nSPS) is 31.1. The summed E-state index contributed by atoms with van der Waals surface area (Å²) >= 11 is 0. The molecule has 1 aliphatic rings. The van der Waals surface area contributed by atoms with E-state index in [2.05, 4.69) is 0 Å².